The Morgan fingerprint density at radius 2 is 1.90 bits per heavy atom. The Morgan fingerprint density at radius 3 is 2.68 bits per heavy atom. The average Bonchev–Trinajstić information content (AvgIpc) is 3.35. The molecule has 1 fully saturated rings. The largest absolute Gasteiger partial charge is 0.484 e. The van der Waals surface area contributed by atoms with E-state index in [9.17, 15) is 4.79 Å². The van der Waals surface area contributed by atoms with Gasteiger partial charge in [0.15, 0.2) is 0 Å². The highest BCUT2D eigenvalue weighted by Gasteiger charge is 2.39. The van der Waals surface area contributed by atoms with Crippen LogP contribution in [0.4, 0.5) is 0 Å². The summed E-state index contributed by atoms with van der Waals surface area (Å²) in [6.45, 7) is 2.95. The number of piperidine rings is 1. The summed E-state index contributed by atoms with van der Waals surface area (Å²) in [6.07, 6.45) is 6.59. The van der Waals surface area contributed by atoms with Crippen molar-refractivity contribution in [2.24, 2.45) is 17.4 Å². The molecule has 5 rings (SSSR count). The summed E-state index contributed by atoms with van der Waals surface area (Å²) in [4.78, 5) is 14.1. The number of fused-ring (bicyclic) bond motifs is 2. The molecular formula is C26H31N3O2. The zero-order valence-electron chi connectivity index (χ0n) is 17.9. The smallest absolute Gasteiger partial charge is 0.221 e. The van der Waals surface area contributed by atoms with Gasteiger partial charge in [-0.25, -0.2) is 0 Å². The zero-order chi connectivity index (χ0) is 21.4. The number of benzene rings is 2. The van der Waals surface area contributed by atoms with Crippen LogP contribution in [0.1, 0.15) is 47.6 Å². The molecule has 2 aromatic rings. The van der Waals surface area contributed by atoms with Crippen LogP contribution in [0.3, 0.4) is 0 Å². The highest BCUT2D eigenvalue weighted by Crippen LogP contribution is 2.40. The van der Waals surface area contributed by atoms with Crippen molar-refractivity contribution < 1.29 is 9.53 Å². The van der Waals surface area contributed by atoms with Crippen LogP contribution in [0.2, 0.25) is 0 Å². The summed E-state index contributed by atoms with van der Waals surface area (Å²) >= 11 is 0. The standard InChI is InChI=1S/C26H31N3O2/c27-16-17-9-11-29(12-10-17)24-13-19-3-1-2-4-22(19)26(24)31-21-8-7-18-5-6-20(14-25(28)30)23(18)15-21/h1-4,6-8,15,17,24,26H,5,9-14,16,27H2,(H2,28,30)/t24-,26-/m1/s1. The summed E-state index contributed by atoms with van der Waals surface area (Å²) in [5.41, 5.74) is 17.4. The topological polar surface area (TPSA) is 81.6 Å². The van der Waals surface area contributed by atoms with Crippen molar-refractivity contribution in [3.63, 3.8) is 0 Å². The molecule has 5 nitrogen and oxygen atoms in total. The number of hydrogen-bond acceptors (Lipinski definition) is 4. The van der Waals surface area contributed by atoms with Gasteiger partial charge in [-0.15, -0.1) is 0 Å². The van der Waals surface area contributed by atoms with Crippen LogP contribution in [-0.2, 0) is 17.6 Å². The number of rotatable bonds is 6. The average molecular weight is 418 g/mol. The Morgan fingerprint density at radius 1 is 1.10 bits per heavy atom. The minimum Gasteiger partial charge on any atom is -0.484 e. The van der Waals surface area contributed by atoms with Gasteiger partial charge in [-0.3, -0.25) is 9.69 Å². The van der Waals surface area contributed by atoms with E-state index in [2.05, 4.69) is 53.4 Å². The number of nitrogens with zero attached hydrogens (tertiary/aromatic N) is 1. The zero-order valence-corrected chi connectivity index (χ0v) is 17.9. The molecule has 2 aromatic carbocycles. The van der Waals surface area contributed by atoms with Crippen molar-refractivity contribution in [2.75, 3.05) is 19.6 Å². The Balaban J connectivity index is 1.40. The van der Waals surface area contributed by atoms with Gasteiger partial charge in [0.1, 0.15) is 11.9 Å². The first kappa shape index (κ1) is 20.3. The molecule has 0 saturated carbocycles. The number of hydrogen-bond donors (Lipinski definition) is 2. The van der Waals surface area contributed by atoms with Crippen molar-refractivity contribution in [3.05, 3.63) is 70.8 Å². The minimum atomic E-state index is -0.295. The van der Waals surface area contributed by atoms with E-state index in [-0.39, 0.29) is 18.4 Å². The predicted molar refractivity (Wildman–Crippen MR) is 123 cm³/mol. The van der Waals surface area contributed by atoms with Crippen LogP contribution >= 0.6 is 0 Å². The molecule has 3 aliphatic rings. The lowest BCUT2D eigenvalue weighted by atomic mass is 9.95. The lowest BCUT2D eigenvalue weighted by Gasteiger charge is -2.38. The quantitative estimate of drug-likeness (QED) is 0.756. The fraction of sp³-hybridized carbons (Fsp3) is 0.423. The highest BCUT2D eigenvalue weighted by molar-refractivity contribution is 5.90. The normalized spacial score (nSPS) is 23.3. The number of ether oxygens (including phenoxy) is 1. The number of allylic oxidation sites excluding steroid dienone is 1. The molecule has 2 aliphatic carbocycles. The van der Waals surface area contributed by atoms with E-state index in [0.717, 1.165) is 62.2 Å². The van der Waals surface area contributed by atoms with E-state index in [1.807, 2.05) is 0 Å². The van der Waals surface area contributed by atoms with Crippen LogP contribution in [0.5, 0.6) is 5.75 Å². The van der Waals surface area contributed by atoms with Gasteiger partial charge < -0.3 is 16.2 Å². The van der Waals surface area contributed by atoms with Crippen LogP contribution in [0.15, 0.2) is 48.5 Å². The number of nitrogens with two attached hydrogens (primary N) is 2. The molecule has 1 saturated heterocycles. The first-order valence-corrected chi connectivity index (χ1v) is 11.4. The molecule has 0 unspecified atom stereocenters. The second-order valence-corrected chi connectivity index (χ2v) is 9.12. The molecule has 1 aliphatic heterocycles. The van der Waals surface area contributed by atoms with Gasteiger partial charge >= 0.3 is 0 Å². The van der Waals surface area contributed by atoms with Gasteiger partial charge in [-0.1, -0.05) is 36.4 Å². The maximum Gasteiger partial charge on any atom is 0.221 e. The monoisotopic (exact) mass is 417 g/mol. The number of amides is 1. The molecule has 0 spiro atoms. The minimum absolute atomic E-state index is 0.00801. The molecule has 0 radical (unpaired) electrons. The fourth-order valence-electron chi connectivity index (χ4n) is 5.47. The highest BCUT2D eigenvalue weighted by atomic mass is 16.5. The second-order valence-electron chi connectivity index (χ2n) is 9.12. The lowest BCUT2D eigenvalue weighted by Crippen LogP contribution is -2.45. The number of primary amides is 1. The fourth-order valence-corrected chi connectivity index (χ4v) is 5.47. The molecule has 5 heteroatoms. The van der Waals surface area contributed by atoms with Crippen LogP contribution < -0.4 is 16.2 Å². The van der Waals surface area contributed by atoms with Gasteiger partial charge in [0, 0.05) is 0 Å². The van der Waals surface area contributed by atoms with Gasteiger partial charge in [-0.05, 0) is 91.2 Å². The van der Waals surface area contributed by atoms with Crippen LogP contribution in [0, 0.1) is 5.92 Å². The third-order valence-electron chi connectivity index (χ3n) is 7.22. The van der Waals surface area contributed by atoms with Gasteiger partial charge in [0.2, 0.25) is 5.91 Å². The molecule has 1 amide bonds. The SMILES string of the molecule is NCC1CCN([C@@H]2Cc3ccccc3[C@H]2Oc2ccc3c(c2)C(CC(N)=O)=CC3)CC1. The Bertz CT molecular complexity index is 1010. The first-order chi connectivity index (χ1) is 15.1. The maximum atomic E-state index is 11.5. The van der Waals surface area contributed by atoms with Crippen molar-refractivity contribution >= 4 is 11.5 Å². The van der Waals surface area contributed by atoms with E-state index in [1.54, 1.807) is 0 Å². The summed E-state index contributed by atoms with van der Waals surface area (Å²) in [5.74, 6) is 1.21. The second kappa shape index (κ2) is 8.48. The lowest BCUT2D eigenvalue weighted by molar-refractivity contribution is -0.117. The number of carbonyl (C=O) groups excluding carboxylic acids is 1. The molecule has 2 atom stereocenters. The molecule has 0 bridgehead atoms. The van der Waals surface area contributed by atoms with E-state index >= 15 is 0 Å². The van der Waals surface area contributed by atoms with Gasteiger partial charge in [0.25, 0.3) is 0 Å². The van der Waals surface area contributed by atoms with E-state index < -0.39 is 0 Å². The van der Waals surface area contributed by atoms with Crippen molar-refractivity contribution in [1.29, 1.82) is 0 Å². The molecular weight excluding hydrogens is 386 g/mol. The summed E-state index contributed by atoms with van der Waals surface area (Å²) in [5, 5.41) is 0. The van der Waals surface area contributed by atoms with E-state index in [4.69, 9.17) is 16.2 Å². The summed E-state index contributed by atoms with van der Waals surface area (Å²) < 4.78 is 6.69. The van der Waals surface area contributed by atoms with Crippen LogP contribution in [0.25, 0.3) is 5.57 Å². The van der Waals surface area contributed by atoms with E-state index in [1.165, 1.54) is 16.7 Å². The summed E-state index contributed by atoms with van der Waals surface area (Å²) in [7, 11) is 0. The molecule has 1 heterocycles. The van der Waals surface area contributed by atoms with E-state index in [0.29, 0.717) is 12.0 Å². The number of carbonyl (C=O) groups is 1. The van der Waals surface area contributed by atoms with Gasteiger partial charge in [0.05, 0.1) is 12.5 Å². The van der Waals surface area contributed by atoms with Crippen LogP contribution in [-0.4, -0.2) is 36.5 Å². The van der Waals surface area contributed by atoms with Gasteiger partial charge in [-0.2, -0.15) is 0 Å². The Hall–Kier alpha value is -2.63. The molecule has 162 valence electrons. The summed E-state index contributed by atoms with van der Waals surface area (Å²) in [6, 6.07) is 15.3. The Labute approximate surface area is 184 Å². The predicted octanol–water partition coefficient (Wildman–Crippen LogP) is 3.22. The first-order valence-electron chi connectivity index (χ1n) is 11.4. The van der Waals surface area contributed by atoms with Crippen molar-refractivity contribution in [1.82, 2.24) is 4.90 Å². The molecule has 31 heavy (non-hydrogen) atoms. The van der Waals surface area contributed by atoms with Crippen molar-refractivity contribution in [3.8, 4) is 5.75 Å². The third-order valence-corrected chi connectivity index (χ3v) is 7.22. The molecule has 0 aromatic heterocycles. The number of likely N-dealkylation sites (tertiary alicyclic amines) is 1. The van der Waals surface area contributed by atoms with Crippen molar-refractivity contribution in [2.45, 2.75) is 44.2 Å². The Kier molecular flexibility index (Phi) is 5.55. The third kappa shape index (κ3) is 4.00. The maximum absolute atomic E-state index is 11.5. The molecule has 4 N–H and O–H groups in total.